The lowest BCUT2D eigenvalue weighted by Gasteiger charge is -2.38. The van der Waals surface area contributed by atoms with Crippen LogP contribution in [0, 0.1) is 11.5 Å². The van der Waals surface area contributed by atoms with Gasteiger partial charge in [-0.15, -0.1) is 11.5 Å². The van der Waals surface area contributed by atoms with E-state index in [9.17, 15) is 0 Å². The summed E-state index contributed by atoms with van der Waals surface area (Å²) in [6, 6.07) is 8.36. The van der Waals surface area contributed by atoms with Gasteiger partial charge in [-0.05, 0) is 28.3 Å². The van der Waals surface area contributed by atoms with Crippen LogP contribution in [0.3, 0.4) is 0 Å². The topological polar surface area (TPSA) is 9.23 Å². The van der Waals surface area contributed by atoms with E-state index in [2.05, 4.69) is 71.2 Å². The van der Waals surface area contributed by atoms with Gasteiger partial charge >= 0.3 is 0 Å². The first-order chi connectivity index (χ1) is 10.4. The molecule has 1 unspecified atom stereocenters. The van der Waals surface area contributed by atoms with E-state index in [1.165, 1.54) is 5.56 Å². The van der Waals surface area contributed by atoms with E-state index in [1.54, 1.807) is 0 Å². The van der Waals surface area contributed by atoms with Gasteiger partial charge in [-0.1, -0.05) is 59.7 Å². The molecule has 1 atom stereocenters. The average Bonchev–Trinajstić information content (AvgIpc) is 2.84. The Kier molecular flexibility index (Phi) is 5.39. The smallest absolute Gasteiger partial charge is 0.145 e. The fourth-order valence-corrected chi connectivity index (χ4v) is 9.39. The summed E-state index contributed by atoms with van der Waals surface area (Å²) in [6.07, 6.45) is 2.10. The first kappa shape index (κ1) is 17.2. The maximum atomic E-state index is 6.02. The van der Waals surface area contributed by atoms with E-state index in [0.717, 1.165) is 18.6 Å². The van der Waals surface area contributed by atoms with Crippen molar-refractivity contribution in [1.82, 2.24) is 0 Å². The number of rotatable bonds is 4. The van der Waals surface area contributed by atoms with Gasteiger partial charge in [0.15, 0.2) is 0 Å². The standard InChI is InChI=1S/C20H30OSi/c1-15(2)22(16(3)4,17(5)6)13-9-11-19-14-18-10-7-8-12-20(18)21-19/h7-8,10,12,15-17,19H,11,14H2,1-6H3. The summed E-state index contributed by atoms with van der Waals surface area (Å²) in [5.41, 5.74) is 7.21. The minimum atomic E-state index is -1.60. The first-order valence-electron chi connectivity index (χ1n) is 8.62. The summed E-state index contributed by atoms with van der Waals surface area (Å²) in [5.74, 6) is 4.58. The molecule has 0 fully saturated rings. The monoisotopic (exact) mass is 314 g/mol. The van der Waals surface area contributed by atoms with Crippen LogP contribution in [0.4, 0.5) is 0 Å². The second kappa shape index (κ2) is 6.92. The molecule has 0 saturated carbocycles. The van der Waals surface area contributed by atoms with Crippen LogP contribution in [-0.2, 0) is 6.42 Å². The fourth-order valence-electron chi connectivity index (χ4n) is 4.12. The van der Waals surface area contributed by atoms with Crippen molar-refractivity contribution in [3.05, 3.63) is 29.8 Å². The molecule has 0 aromatic heterocycles. The van der Waals surface area contributed by atoms with Gasteiger partial charge in [0.25, 0.3) is 0 Å². The van der Waals surface area contributed by atoms with E-state index < -0.39 is 8.07 Å². The molecule has 1 aromatic carbocycles. The third kappa shape index (κ3) is 3.25. The number of fused-ring (bicyclic) bond motifs is 1. The molecule has 1 aliphatic heterocycles. The van der Waals surface area contributed by atoms with E-state index in [-0.39, 0.29) is 6.10 Å². The predicted molar refractivity (Wildman–Crippen MR) is 98.0 cm³/mol. The second-order valence-electron chi connectivity index (χ2n) is 7.45. The largest absolute Gasteiger partial charge is 0.489 e. The lowest BCUT2D eigenvalue weighted by Crippen LogP contribution is -2.43. The van der Waals surface area contributed by atoms with Crippen LogP contribution in [-0.4, -0.2) is 14.2 Å². The van der Waals surface area contributed by atoms with Crippen LogP contribution < -0.4 is 4.74 Å². The summed E-state index contributed by atoms with van der Waals surface area (Å²) in [6.45, 7) is 14.2. The van der Waals surface area contributed by atoms with Gasteiger partial charge < -0.3 is 4.74 Å². The van der Waals surface area contributed by atoms with Gasteiger partial charge in [-0.3, -0.25) is 0 Å². The zero-order valence-electron chi connectivity index (χ0n) is 14.9. The third-order valence-corrected chi connectivity index (χ3v) is 11.6. The Morgan fingerprint density at radius 3 is 2.18 bits per heavy atom. The number of hydrogen-bond acceptors (Lipinski definition) is 1. The summed E-state index contributed by atoms with van der Waals surface area (Å²) in [5, 5.41) is 0. The van der Waals surface area contributed by atoms with Gasteiger partial charge in [0.2, 0.25) is 0 Å². The van der Waals surface area contributed by atoms with E-state index in [0.29, 0.717) is 16.6 Å². The Balaban J connectivity index is 2.09. The highest BCUT2D eigenvalue weighted by atomic mass is 28.3. The summed E-state index contributed by atoms with van der Waals surface area (Å²) >= 11 is 0. The molecule has 0 aliphatic carbocycles. The van der Waals surface area contributed by atoms with Crippen molar-refractivity contribution in [2.45, 2.75) is 77.1 Å². The Bertz CT molecular complexity index is 516. The van der Waals surface area contributed by atoms with Gasteiger partial charge in [0.05, 0.1) is 0 Å². The molecule has 2 heteroatoms. The molecule has 0 bridgehead atoms. The fraction of sp³-hybridized carbons (Fsp3) is 0.600. The quantitative estimate of drug-likeness (QED) is 0.519. The van der Waals surface area contributed by atoms with Crippen LogP contribution in [0.1, 0.15) is 53.5 Å². The second-order valence-corrected chi connectivity index (χ2v) is 13.0. The Labute approximate surface area is 137 Å². The van der Waals surface area contributed by atoms with Gasteiger partial charge in [0, 0.05) is 12.8 Å². The summed E-state index contributed by atoms with van der Waals surface area (Å²) in [4.78, 5) is 0. The van der Waals surface area contributed by atoms with Gasteiger partial charge in [-0.2, -0.15) is 0 Å². The highest BCUT2D eigenvalue weighted by Gasteiger charge is 2.41. The highest BCUT2D eigenvalue weighted by Crippen LogP contribution is 2.40. The van der Waals surface area contributed by atoms with Crippen molar-refractivity contribution in [1.29, 1.82) is 0 Å². The van der Waals surface area contributed by atoms with Crippen molar-refractivity contribution in [3.8, 4) is 17.2 Å². The molecule has 1 aliphatic rings. The normalized spacial score (nSPS) is 17.4. The molecule has 1 nitrogen and oxygen atoms in total. The Morgan fingerprint density at radius 2 is 1.64 bits per heavy atom. The van der Waals surface area contributed by atoms with Crippen molar-refractivity contribution < 1.29 is 4.74 Å². The zero-order chi connectivity index (χ0) is 16.3. The van der Waals surface area contributed by atoms with Crippen molar-refractivity contribution in [3.63, 3.8) is 0 Å². The molecule has 1 aromatic rings. The number of para-hydroxylation sites is 1. The molecular weight excluding hydrogens is 284 g/mol. The lowest BCUT2D eigenvalue weighted by molar-refractivity contribution is 0.239. The third-order valence-electron chi connectivity index (χ3n) is 5.21. The summed E-state index contributed by atoms with van der Waals surface area (Å²) < 4.78 is 6.02. The number of ether oxygens (including phenoxy) is 1. The average molecular weight is 315 g/mol. The van der Waals surface area contributed by atoms with Crippen molar-refractivity contribution >= 4 is 8.07 Å². The van der Waals surface area contributed by atoms with Crippen molar-refractivity contribution in [2.75, 3.05) is 0 Å². The minimum absolute atomic E-state index is 0.239. The maximum absolute atomic E-state index is 6.02. The highest BCUT2D eigenvalue weighted by molar-refractivity contribution is 6.90. The molecule has 120 valence electrons. The minimum Gasteiger partial charge on any atom is -0.489 e. The molecule has 0 spiro atoms. The molecule has 0 N–H and O–H groups in total. The van der Waals surface area contributed by atoms with Crippen molar-refractivity contribution in [2.24, 2.45) is 0 Å². The lowest BCUT2D eigenvalue weighted by atomic mass is 10.1. The molecule has 22 heavy (non-hydrogen) atoms. The van der Waals surface area contributed by atoms with E-state index >= 15 is 0 Å². The maximum Gasteiger partial charge on any atom is 0.145 e. The Hall–Kier alpha value is -1.20. The molecule has 0 radical (unpaired) electrons. The molecular formula is C20H30OSi. The van der Waals surface area contributed by atoms with Gasteiger partial charge in [0.1, 0.15) is 19.9 Å². The van der Waals surface area contributed by atoms with Crippen LogP contribution in [0.25, 0.3) is 0 Å². The van der Waals surface area contributed by atoms with E-state index in [1.807, 2.05) is 6.07 Å². The summed E-state index contributed by atoms with van der Waals surface area (Å²) in [7, 11) is -1.60. The van der Waals surface area contributed by atoms with Crippen LogP contribution in [0.5, 0.6) is 5.75 Å². The Morgan fingerprint density at radius 1 is 1.05 bits per heavy atom. The molecule has 1 heterocycles. The van der Waals surface area contributed by atoms with Crippen LogP contribution in [0.15, 0.2) is 24.3 Å². The van der Waals surface area contributed by atoms with Gasteiger partial charge in [-0.25, -0.2) is 0 Å². The number of hydrogen-bond donors (Lipinski definition) is 0. The SMILES string of the molecule is CC(C)[Si](C#CCC1Cc2ccccc2O1)(C(C)C)C(C)C. The molecule has 2 rings (SSSR count). The molecule has 0 saturated heterocycles. The van der Waals surface area contributed by atoms with Crippen LogP contribution in [0.2, 0.25) is 16.6 Å². The van der Waals surface area contributed by atoms with Crippen LogP contribution >= 0.6 is 0 Å². The first-order valence-corrected chi connectivity index (χ1v) is 10.9. The zero-order valence-corrected chi connectivity index (χ0v) is 15.9. The van der Waals surface area contributed by atoms with E-state index in [4.69, 9.17) is 4.74 Å². The molecule has 0 amide bonds. The predicted octanol–water partition coefficient (Wildman–Crippen LogP) is 5.60. The number of benzene rings is 1.